The molecule has 1 aromatic carbocycles. The summed E-state index contributed by atoms with van der Waals surface area (Å²) in [5.74, 6) is 0.329. The summed E-state index contributed by atoms with van der Waals surface area (Å²) in [6, 6.07) is 8.00. The molecule has 1 saturated heterocycles. The van der Waals surface area contributed by atoms with Gasteiger partial charge in [0.2, 0.25) is 0 Å². The van der Waals surface area contributed by atoms with Crippen LogP contribution in [0.4, 0.5) is 5.69 Å². The maximum absolute atomic E-state index is 11.1. The van der Waals surface area contributed by atoms with Crippen molar-refractivity contribution in [2.75, 3.05) is 18.0 Å². The largest absolute Gasteiger partial charge is 0.363 e. The molecule has 1 aromatic rings. The lowest BCUT2D eigenvalue weighted by molar-refractivity contribution is -0.116. The van der Waals surface area contributed by atoms with Crippen molar-refractivity contribution in [2.45, 2.75) is 6.42 Å². The molecular weight excluding hydrogens is 230 g/mol. The smallest absolute Gasteiger partial charge is 0.153 e. The predicted octanol–water partition coefficient (Wildman–Crippen LogP) is 2.23. The van der Waals surface area contributed by atoms with E-state index in [1.165, 1.54) is 0 Å². The Morgan fingerprint density at radius 1 is 1.31 bits per heavy atom. The van der Waals surface area contributed by atoms with E-state index in [0.29, 0.717) is 18.7 Å². The van der Waals surface area contributed by atoms with E-state index < -0.39 is 0 Å². The molecule has 1 aliphatic heterocycles. The fraction of sp³-hybridized carbons (Fsp3) is 0.300. The van der Waals surface area contributed by atoms with Crippen molar-refractivity contribution in [1.82, 2.24) is 0 Å². The van der Waals surface area contributed by atoms with Crippen molar-refractivity contribution in [2.24, 2.45) is 0 Å². The molecule has 2 rings (SSSR count). The highest BCUT2D eigenvalue weighted by atomic mass is 79.9. The Labute approximate surface area is 85.7 Å². The highest BCUT2D eigenvalue weighted by Gasteiger charge is 2.20. The summed E-state index contributed by atoms with van der Waals surface area (Å²) in [6.07, 6.45) is 0.682. The van der Waals surface area contributed by atoms with Crippen molar-refractivity contribution < 1.29 is 4.79 Å². The van der Waals surface area contributed by atoms with E-state index in [-0.39, 0.29) is 0 Å². The lowest BCUT2D eigenvalue weighted by Crippen LogP contribution is -2.19. The second-order valence-corrected chi connectivity index (χ2v) is 4.02. The van der Waals surface area contributed by atoms with Crippen LogP contribution in [-0.4, -0.2) is 18.9 Å². The fourth-order valence-corrected chi connectivity index (χ4v) is 2.08. The van der Waals surface area contributed by atoms with Crippen LogP contribution in [0.5, 0.6) is 0 Å². The number of carbonyl (C=O) groups excluding carboxylic acids is 1. The van der Waals surface area contributed by atoms with E-state index in [2.05, 4.69) is 20.8 Å². The molecule has 0 amide bonds. The van der Waals surface area contributed by atoms with E-state index in [0.717, 1.165) is 16.7 Å². The van der Waals surface area contributed by atoms with Crippen molar-refractivity contribution in [3.63, 3.8) is 0 Å². The van der Waals surface area contributed by atoms with Crippen molar-refractivity contribution >= 4 is 27.4 Å². The highest BCUT2D eigenvalue weighted by molar-refractivity contribution is 9.10. The van der Waals surface area contributed by atoms with Gasteiger partial charge in [-0.25, -0.2) is 0 Å². The molecule has 0 aliphatic carbocycles. The molecule has 68 valence electrons. The second kappa shape index (κ2) is 3.50. The lowest BCUT2D eigenvalue weighted by atomic mass is 10.3. The molecule has 0 N–H and O–H groups in total. The Balaban J connectivity index is 2.26. The number of ketones is 1. The topological polar surface area (TPSA) is 20.3 Å². The summed E-state index contributed by atoms with van der Waals surface area (Å²) >= 11 is 3.47. The third-order valence-electron chi connectivity index (χ3n) is 2.22. The predicted molar refractivity (Wildman–Crippen MR) is 56.0 cm³/mol. The average Bonchev–Trinajstić information content (AvgIpc) is 2.53. The zero-order valence-corrected chi connectivity index (χ0v) is 8.75. The molecule has 1 aliphatic rings. The summed E-state index contributed by atoms with van der Waals surface area (Å²) < 4.78 is 1.06. The molecule has 1 fully saturated rings. The number of benzene rings is 1. The molecule has 0 unspecified atom stereocenters. The van der Waals surface area contributed by atoms with Gasteiger partial charge in [-0.15, -0.1) is 0 Å². The Bertz CT molecular complexity index is 337. The first-order valence-electron chi connectivity index (χ1n) is 4.28. The van der Waals surface area contributed by atoms with Crippen LogP contribution in [-0.2, 0) is 4.79 Å². The number of anilines is 1. The monoisotopic (exact) mass is 239 g/mol. The molecule has 0 spiro atoms. The summed E-state index contributed by atoms with van der Waals surface area (Å²) in [6.45, 7) is 1.41. The minimum Gasteiger partial charge on any atom is -0.363 e. The lowest BCUT2D eigenvalue weighted by Gasteiger charge is -2.17. The standard InChI is InChI=1S/C10H10BrNO/c11-9-3-1-2-4-10(9)12-6-5-8(13)7-12/h1-4H,5-7H2. The molecule has 13 heavy (non-hydrogen) atoms. The maximum Gasteiger partial charge on any atom is 0.153 e. The minimum absolute atomic E-state index is 0.329. The molecule has 3 heteroatoms. The second-order valence-electron chi connectivity index (χ2n) is 3.16. The van der Waals surface area contributed by atoms with E-state index in [4.69, 9.17) is 0 Å². The minimum atomic E-state index is 0.329. The first-order chi connectivity index (χ1) is 6.27. The summed E-state index contributed by atoms with van der Waals surface area (Å²) in [5, 5.41) is 0. The number of hydrogen-bond donors (Lipinski definition) is 0. The number of para-hydroxylation sites is 1. The van der Waals surface area contributed by atoms with Gasteiger partial charge in [-0.1, -0.05) is 12.1 Å². The van der Waals surface area contributed by atoms with E-state index >= 15 is 0 Å². The summed E-state index contributed by atoms with van der Waals surface area (Å²) in [5.41, 5.74) is 1.12. The van der Waals surface area contributed by atoms with Crippen LogP contribution in [0, 0.1) is 0 Å². The van der Waals surface area contributed by atoms with Gasteiger partial charge in [0.15, 0.2) is 5.78 Å². The molecule has 0 atom stereocenters. The number of carbonyl (C=O) groups is 1. The highest BCUT2D eigenvalue weighted by Crippen LogP contribution is 2.27. The summed E-state index contributed by atoms with van der Waals surface area (Å²) in [4.78, 5) is 13.2. The number of nitrogens with zero attached hydrogens (tertiary/aromatic N) is 1. The Kier molecular flexibility index (Phi) is 2.36. The van der Waals surface area contributed by atoms with Gasteiger partial charge in [0, 0.05) is 17.4 Å². The van der Waals surface area contributed by atoms with Gasteiger partial charge in [-0.05, 0) is 28.1 Å². The third-order valence-corrected chi connectivity index (χ3v) is 2.89. The normalized spacial score (nSPS) is 16.7. The van der Waals surface area contributed by atoms with Crippen molar-refractivity contribution in [3.8, 4) is 0 Å². The van der Waals surface area contributed by atoms with Crippen LogP contribution in [0.25, 0.3) is 0 Å². The van der Waals surface area contributed by atoms with Crippen molar-refractivity contribution in [3.05, 3.63) is 28.7 Å². The van der Waals surface area contributed by atoms with Gasteiger partial charge >= 0.3 is 0 Å². The van der Waals surface area contributed by atoms with Gasteiger partial charge in [-0.3, -0.25) is 4.79 Å². The van der Waals surface area contributed by atoms with Crippen LogP contribution < -0.4 is 4.90 Å². The summed E-state index contributed by atoms with van der Waals surface area (Å²) in [7, 11) is 0. The SMILES string of the molecule is O=C1CCN(c2ccccc2Br)C1. The number of halogens is 1. The van der Waals surface area contributed by atoms with Crippen molar-refractivity contribution in [1.29, 1.82) is 0 Å². The van der Waals surface area contributed by atoms with Gasteiger partial charge in [0.1, 0.15) is 0 Å². The number of rotatable bonds is 1. The van der Waals surface area contributed by atoms with Gasteiger partial charge in [-0.2, -0.15) is 0 Å². The molecule has 1 heterocycles. The maximum atomic E-state index is 11.1. The Morgan fingerprint density at radius 2 is 2.08 bits per heavy atom. The molecule has 0 radical (unpaired) electrons. The average molecular weight is 240 g/mol. The first kappa shape index (κ1) is 8.75. The molecular formula is C10H10BrNO. The zero-order chi connectivity index (χ0) is 9.26. The van der Waals surface area contributed by atoms with Crippen LogP contribution >= 0.6 is 15.9 Å². The van der Waals surface area contributed by atoms with E-state index in [1.54, 1.807) is 0 Å². The van der Waals surface area contributed by atoms with Crippen LogP contribution in [0.3, 0.4) is 0 Å². The molecule has 0 bridgehead atoms. The Hall–Kier alpha value is -0.830. The first-order valence-corrected chi connectivity index (χ1v) is 5.08. The zero-order valence-electron chi connectivity index (χ0n) is 7.16. The van der Waals surface area contributed by atoms with E-state index in [9.17, 15) is 4.79 Å². The van der Waals surface area contributed by atoms with Crippen LogP contribution in [0.2, 0.25) is 0 Å². The molecule has 2 nitrogen and oxygen atoms in total. The van der Waals surface area contributed by atoms with Crippen LogP contribution in [0.15, 0.2) is 28.7 Å². The quantitative estimate of drug-likeness (QED) is 0.750. The van der Waals surface area contributed by atoms with Gasteiger partial charge < -0.3 is 4.90 Å². The Morgan fingerprint density at radius 3 is 2.69 bits per heavy atom. The molecule has 0 aromatic heterocycles. The van der Waals surface area contributed by atoms with E-state index in [1.807, 2.05) is 24.3 Å². The number of hydrogen-bond acceptors (Lipinski definition) is 2. The fourth-order valence-electron chi connectivity index (χ4n) is 1.54. The number of Topliss-reactive ketones (excluding diaryl/α,β-unsaturated/α-hetero) is 1. The third kappa shape index (κ3) is 1.75. The van der Waals surface area contributed by atoms with Gasteiger partial charge in [0.05, 0.1) is 12.2 Å². The van der Waals surface area contributed by atoms with Gasteiger partial charge in [0.25, 0.3) is 0 Å². The molecule has 0 saturated carbocycles. The van der Waals surface area contributed by atoms with Crippen LogP contribution in [0.1, 0.15) is 6.42 Å².